The zero-order valence-electron chi connectivity index (χ0n) is 11.3. The molecule has 18 heavy (non-hydrogen) atoms. The highest BCUT2D eigenvalue weighted by atomic mass is 16.1. The van der Waals surface area contributed by atoms with Crippen LogP contribution in [0.15, 0.2) is 29.2 Å². The van der Waals surface area contributed by atoms with Crippen LogP contribution in [-0.4, -0.2) is 17.2 Å². The number of nitrogens with zero attached hydrogens (tertiary/aromatic N) is 1. The van der Waals surface area contributed by atoms with E-state index in [9.17, 15) is 4.79 Å². The zero-order chi connectivity index (χ0) is 12.8. The molecule has 0 aliphatic heterocycles. The van der Waals surface area contributed by atoms with E-state index in [2.05, 4.69) is 12.2 Å². The Balaban J connectivity index is 2.05. The Bertz CT molecular complexity index is 407. The van der Waals surface area contributed by atoms with Crippen LogP contribution in [0.25, 0.3) is 0 Å². The summed E-state index contributed by atoms with van der Waals surface area (Å²) in [6, 6.07) is 5.83. The summed E-state index contributed by atoms with van der Waals surface area (Å²) in [5, 5.41) is 3.57. The number of hydrogen-bond acceptors (Lipinski definition) is 2. The average Bonchev–Trinajstić information content (AvgIpc) is 2.42. The third kappa shape index (κ3) is 3.45. The first-order valence-electron chi connectivity index (χ1n) is 7.20. The standard InChI is InChI=1S/C15H24N2O/c1-2-16-14(13-8-4-3-5-9-13)12-17-11-7-6-10-15(17)18/h6-7,10-11,13-14,16H,2-5,8-9,12H2,1H3. The molecule has 3 nitrogen and oxygen atoms in total. The number of likely N-dealkylation sites (N-methyl/N-ethyl adjacent to an activating group) is 1. The van der Waals surface area contributed by atoms with E-state index in [1.807, 2.05) is 22.9 Å². The molecule has 3 heteroatoms. The molecular formula is C15H24N2O. The summed E-state index contributed by atoms with van der Waals surface area (Å²) in [7, 11) is 0. The summed E-state index contributed by atoms with van der Waals surface area (Å²) < 4.78 is 1.84. The van der Waals surface area contributed by atoms with Crippen LogP contribution in [0, 0.1) is 5.92 Å². The monoisotopic (exact) mass is 248 g/mol. The van der Waals surface area contributed by atoms with Gasteiger partial charge in [0.25, 0.3) is 5.56 Å². The van der Waals surface area contributed by atoms with E-state index < -0.39 is 0 Å². The molecule has 0 bridgehead atoms. The van der Waals surface area contributed by atoms with Gasteiger partial charge in [-0.2, -0.15) is 0 Å². The van der Waals surface area contributed by atoms with Crippen LogP contribution in [0.1, 0.15) is 39.0 Å². The van der Waals surface area contributed by atoms with Crippen LogP contribution in [0.2, 0.25) is 0 Å². The lowest BCUT2D eigenvalue weighted by molar-refractivity contribution is 0.249. The molecule has 1 saturated carbocycles. The highest BCUT2D eigenvalue weighted by Crippen LogP contribution is 2.27. The molecule has 1 N–H and O–H groups in total. The first-order valence-corrected chi connectivity index (χ1v) is 7.20. The Morgan fingerprint density at radius 2 is 2.11 bits per heavy atom. The van der Waals surface area contributed by atoms with E-state index in [1.165, 1.54) is 32.1 Å². The molecule has 0 saturated heterocycles. The van der Waals surface area contributed by atoms with Crippen molar-refractivity contribution in [3.8, 4) is 0 Å². The molecule has 1 aromatic rings. The number of aromatic nitrogens is 1. The molecule has 100 valence electrons. The molecule has 1 aromatic heterocycles. The van der Waals surface area contributed by atoms with E-state index in [0.29, 0.717) is 6.04 Å². The maximum Gasteiger partial charge on any atom is 0.250 e. The summed E-state index contributed by atoms with van der Waals surface area (Å²) in [6.07, 6.45) is 8.57. The van der Waals surface area contributed by atoms with Crippen molar-refractivity contribution in [2.75, 3.05) is 6.54 Å². The first kappa shape index (κ1) is 13.3. The van der Waals surface area contributed by atoms with E-state index in [4.69, 9.17) is 0 Å². The summed E-state index contributed by atoms with van der Waals surface area (Å²) >= 11 is 0. The Morgan fingerprint density at radius 1 is 1.33 bits per heavy atom. The molecule has 1 unspecified atom stereocenters. The van der Waals surface area contributed by atoms with Crippen molar-refractivity contribution in [3.05, 3.63) is 34.7 Å². The second-order valence-corrected chi connectivity index (χ2v) is 5.25. The third-order valence-electron chi connectivity index (χ3n) is 3.98. The fourth-order valence-electron chi connectivity index (χ4n) is 3.00. The maximum absolute atomic E-state index is 11.8. The lowest BCUT2D eigenvalue weighted by atomic mass is 9.83. The van der Waals surface area contributed by atoms with Crippen LogP contribution in [0.4, 0.5) is 0 Å². The lowest BCUT2D eigenvalue weighted by Gasteiger charge is -2.31. The smallest absolute Gasteiger partial charge is 0.250 e. The van der Waals surface area contributed by atoms with Crippen LogP contribution in [0.5, 0.6) is 0 Å². The van der Waals surface area contributed by atoms with Crippen molar-refractivity contribution in [1.29, 1.82) is 0 Å². The zero-order valence-corrected chi connectivity index (χ0v) is 11.3. The Morgan fingerprint density at radius 3 is 2.78 bits per heavy atom. The van der Waals surface area contributed by atoms with Gasteiger partial charge < -0.3 is 9.88 Å². The van der Waals surface area contributed by atoms with Crippen molar-refractivity contribution in [3.63, 3.8) is 0 Å². The fourth-order valence-corrected chi connectivity index (χ4v) is 3.00. The Kier molecular flexibility index (Phi) is 5.00. The van der Waals surface area contributed by atoms with Crippen LogP contribution >= 0.6 is 0 Å². The fraction of sp³-hybridized carbons (Fsp3) is 0.667. The minimum Gasteiger partial charge on any atom is -0.314 e. The van der Waals surface area contributed by atoms with Gasteiger partial charge in [-0.05, 0) is 31.4 Å². The summed E-state index contributed by atoms with van der Waals surface area (Å²) in [4.78, 5) is 11.8. The molecule has 1 aliphatic rings. The van der Waals surface area contributed by atoms with Crippen LogP contribution in [-0.2, 0) is 6.54 Å². The number of rotatable bonds is 5. The van der Waals surface area contributed by atoms with Crippen LogP contribution in [0.3, 0.4) is 0 Å². The van der Waals surface area contributed by atoms with E-state index >= 15 is 0 Å². The topological polar surface area (TPSA) is 34.0 Å². The van der Waals surface area contributed by atoms with E-state index in [-0.39, 0.29) is 5.56 Å². The molecule has 0 amide bonds. The van der Waals surface area contributed by atoms with Crippen molar-refractivity contribution in [1.82, 2.24) is 9.88 Å². The quantitative estimate of drug-likeness (QED) is 0.868. The number of pyridine rings is 1. The van der Waals surface area contributed by atoms with Crippen molar-refractivity contribution < 1.29 is 0 Å². The number of hydrogen-bond donors (Lipinski definition) is 1. The van der Waals surface area contributed by atoms with Crippen molar-refractivity contribution in [2.24, 2.45) is 5.92 Å². The van der Waals surface area contributed by atoms with Gasteiger partial charge in [-0.15, -0.1) is 0 Å². The normalized spacial score (nSPS) is 18.7. The molecule has 1 fully saturated rings. The largest absolute Gasteiger partial charge is 0.314 e. The molecule has 1 heterocycles. The van der Waals surface area contributed by atoms with E-state index in [1.54, 1.807) is 6.07 Å². The summed E-state index contributed by atoms with van der Waals surface area (Å²) in [5.41, 5.74) is 0.108. The molecule has 0 radical (unpaired) electrons. The molecule has 0 aromatic carbocycles. The Hall–Kier alpha value is -1.09. The SMILES string of the molecule is CCNC(Cn1ccccc1=O)C1CCCCC1. The molecule has 1 atom stereocenters. The second kappa shape index (κ2) is 6.74. The second-order valence-electron chi connectivity index (χ2n) is 5.25. The molecular weight excluding hydrogens is 224 g/mol. The van der Waals surface area contributed by atoms with Gasteiger partial charge in [0.2, 0.25) is 0 Å². The van der Waals surface area contributed by atoms with Gasteiger partial charge in [-0.25, -0.2) is 0 Å². The van der Waals surface area contributed by atoms with Gasteiger partial charge in [0.05, 0.1) is 0 Å². The van der Waals surface area contributed by atoms with E-state index in [0.717, 1.165) is 19.0 Å². The molecule has 1 aliphatic carbocycles. The summed E-state index contributed by atoms with van der Waals surface area (Å²) in [5.74, 6) is 0.728. The predicted octanol–water partition coefficient (Wildman–Crippen LogP) is 2.41. The minimum absolute atomic E-state index is 0.108. The molecule has 2 rings (SSSR count). The van der Waals surface area contributed by atoms with Gasteiger partial charge in [0.15, 0.2) is 0 Å². The highest BCUT2D eigenvalue weighted by Gasteiger charge is 2.23. The molecule has 0 spiro atoms. The third-order valence-corrected chi connectivity index (χ3v) is 3.98. The van der Waals surface area contributed by atoms with Crippen molar-refractivity contribution in [2.45, 2.75) is 51.6 Å². The van der Waals surface area contributed by atoms with Gasteiger partial charge in [-0.3, -0.25) is 4.79 Å². The maximum atomic E-state index is 11.8. The van der Waals surface area contributed by atoms with Gasteiger partial charge >= 0.3 is 0 Å². The first-order chi connectivity index (χ1) is 8.81. The van der Waals surface area contributed by atoms with Gasteiger partial charge in [0.1, 0.15) is 0 Å². The van der Waals surface area contributed by atoms with Gasteiger partial charge in [0, 0.05) is 24.8 Å². The predicted molar refractivity (Wildman–Crippen MR) is 74.7 cm³/mol. The van der Waals surface area contributed by atoms with Crippen molar-refractivity contribution >= 4 is 0 Å². The van der Waals surface area contributed by atoms with Gasteiger partial charge in [-0.1, -0.05) is 32.3 Å². The average molecular weight is 248 g/mol. The minimum atomic E-state index is 0.108. The summed E-state index contributed by atoms with van der Waals surface area (Å²) in [6.45, 7) is 3.92. The Labute approximate surface area is 109 Å². The highest BCUT2D eigenvalue weighted by molar-refractivity contribution is 4.94. The lowest BCUT2D eigenvalue weighted by Crippen LogP contribution is -2.42. The number of nitrogens with one attached hydrogen (secondary N) is 1. The van der Waals surface area contributed by atoms with Crippen LogP contribution < -0.4 is 10.9 Å².